The fourth-order valence-electron chi connectivity index (χ4n) is 1.57. The van der Waals surface area contributed by atoms with Gasteiger partial charge < -0.3 is 16.8 Å². The van der Waals surface area contributed by atoms with Crippen LogP contribution in [0, 0.1) is 0 Å². The molecule has 0 aliphatic heterocycles. The summed E-state index contributed by atoms with van der Waals surface area (Å²) in [5.41, 5.74) is 12.9. The Morgan fingerprint density at radius 3 is 2.72 bits per heavy atom. The summed E-state index contributed by atoms with van der Waals surface area (Å²) in [4.78, 5) is 15.1. The summed E-state index contributed by atoms with van der Waals surface area (Å²) < 4.78 is 0. The number of amides is 1. The Morgan fingerprint density at radius 1 is 1.22 bits per heavy atom. The number of primary amides is 1. The predicted molar refractivity (Wildman–Crippen MR) is 70.9 cm³/mol. The van der Waals surface area contributed by atoms with Crippen LogP contribution in [0.1, 0.15) is 16.1 Å². The number of hydrogen-bond acceptors (Lipinski definition) is 4. The highest BCUT2D eigenvalue weighted by molar-refractivity contribution is 5.91. The van der Waals surface area contributed by atoms with Crippen molar-refractivity contribution in [2.24, 2.45) is 5.73 Å². The molecule has 5 heteroatoms. The maximum atomic E-state index is 11.0. The molecule has 1 aromatic heterocycles. The van der Waals surface area contributed by atoms with E-state index in [4.69, 9.17) is 11.5 Å². The Bertz CT molecular complexity index is 568. The standard InChI is InChI=1S/C13H14N4O/c14-10-4-1-3-9(7-10)8-16-12-6-2-5-11(17-12)13(15)18/h1-7H,8,14H2,(H2,15,18)(H,16,17). The van der Waals surface area contributed by atoms with Gasteiger partial charge >= 0.3 is 0 Å². The van der Waals surface area contributed by atoms with Crippen LogP contribution in [0.2, 0.25) is 0 Å². The quantitative estimate of drug-likeness (QED) is 0.706. The second kappa shape index (κ2) is 5.18. The van der Waals surface area contributed by atoms with E-state index in [1.165, 1.54) is 0 Å². The molecule has 2 rings (SSSR count). The monoisotopic (exact) mass is 242 g/mol. The Labute approximate surface area is 105 Å². The van der Waals surface area contributed by atoms with Crippen molar-refractivity contribution < 1.29 is 4.79 Å². The number of hydrogen-bond donors (Lipinski definition) is 3. The van der Waals surface area contributed by atoms with Crippen molar-refractivity contribution in [2.75, 3.05) is 11.1 Å². The molecule has 0 atom stereocenters. The molecule has 18 heavy (non-hydrogen) atoms. The van der Waals surface area contributed by atoms with E-state index in [0.717, 1.165) is 5.56 Å². The van der Waals surface area contributed by atoms with Crippen molar-refractivity contribution in [1.82, 2.24) is 4.98 Å². The molecule has 0 unspecified atom stereocenters. The van der Waals surface area contributed by atoms with E-state index in [1.54, 1.807) is 18.2 Å². The minimum absolute atomic E-state index is 0.243. The van der Waals surface area contributed by atoms with Crippen LogP contribution in [-0.4, -0.2) is 10.9 Å². The molecule has 0 fully saturated rings. The lowest BCUT2D eigenvalue weighted by Crippen LogP contribution is -2.14. The van der Waals surface area contributed by atoms with E-state index in [2.05, 4.69) is 10.3 Å². The number of aromatic nitrogens is 1. The van der Waals surface area contributed by atoms with Crippen molar-refractivity contribution in [3.05, 3.63) is 53.7 Å². The molecule has 1 heterocycles. The van der Waals surface area contributed by atoms with Crippen molar-refractivity contribution in [2.45, 2.75) is 6.54 Å². The Kier molecular flexibility index (Phi) is 3.43. The molecule has 0 aliphatic carbocycles. The summed E-state index contributed by atoms with van der Waals surface area (Å²) in [6.45, 7) is 0.584. The van der Waals surface area contributed by atoms with Crippen LogP contribution in [0.25, 0.3) is 0 Å². The van der Waals surface area contributed by atoms with Gasteiger partial charge in [0, 0.05) is 12.2 Å². The van der Waals surface area contributed by atoms with Gasteiger partial charge in [0.1, 0.15) is 11.5 Å². The van der Waals surface area contributed by atoms with Gasteiger partial charge in [-0.15, -0.1) is 0 Å². The second-order valence-electron chi connectivity index (χ2n) is 3.87. The second-order valence-corrected chi connectivity index (χ2v) is 3.87. The fraction of sp³-hybridized carbons (Fsp3) is 0.0769. The average Bonchev–Trinajstić information content (AvgIpc) is 2.37. The molecule has 0 aliphatic rings. The van der Waals surface area contributed by atoms with Crippen molar-refractivity contribution in [3.63, 3.8) is 0 Å². The van der Waals surface area contributed by atoms with Gasteiger partial charge in [-0.2, -0.15) is 0 Å². The van der Waals surface area contributed by atoms with Gasteiger partial charge in [-0.1, -0.05) is 18.2 Å². The number of anilines is 2. The van der Waals surface area contributed by atoms with Crippen LogP contribution >= 0.6 is 0 Å². The number of benzene rings is 1. The molecule has 2 aromatic rings. The summed E-state index contributed by atoms with van der Waals surface area (Å²) in [6, 6.07) is 12.6. The molecule has 5 N–H and O–H groups in total. The predicted octanol–water partition coefficient (Wildman–Crippen LogP) is 1.37. The van der Waals surface area contributed by atoms with Gasteiger partial charge in [0.05, 0.1) is 0 Å². The van der Waals surface area contributed by atoms with Crippen LogP contribution in [0.4, 0.5) is 11.5 Å². The van der Waals surface area contributed by atoms with Crippen LogP contribution in [0.5, 0.6) is 0 Å². The number of nitrogens with one attached hydrogen (secondary N) is 1. The molecular weight excluding hydrogens is 228 g/mol. The molecule has 0 saturated heterocycles. The number of nitrogens with zero attached hydrogens (tertiary/aromatic N) is 1. The fourth-order valence-corrected chi connectivity index (χ4v) is 1.57. The Hall–Kier alpha value is -2.56. The van der Waals surface area contributed by atoms with E-state index in [9.17, 15) is 4.79 Å². The third kappa shape index (κ3) is 2.98. The molecule has 0 bridgehead atoms. The lowest BCUT2D eigenvalue weighted by atomic mass is 10.2. The lowest BCUT2D eigenvalue weighted by Gasteiger charge is -2.07. The van der Waals surface area contributed by atoms with Gasteiger partial charge in [-0.05, 0) is 29.8 Å². The van der Waals surface area contributed by atoms with Crippen LogP contribution in [0.3, 0.4) is 0 Å². The SMILES string of the molecule is NC(=O)c1cccc(NCc2cccc(N)c2)n1. The van der Waals surface area contributed by atoms with Crippen molar-refractivity contribution in [3.8, 4) is 0 Å². The first kappa shape index (κ1) is 11.9. The third-order valence-corrected chi connectivity index (χ3v) is 2.43. The summed E-state index contributed by atoms with van der Waals surface area (Å²) in [5, 5.41) is 3.11. The topological polar surface area (TPSA) is 94.0 Å². The average molecular weight is 242 g/mol. The van der Waals surface area contributed by atoms with E-state index in [1.807, 2.05) is 24.3 Å². The van der Waals surface area contributed by atoms with Crippen LogP contribution in [-0.2, 0) is 6.54 Å². The van der Waals surface area contributed by atoms with E-state index >= 15 is 0 Å². The molecule has 0 radical (unpaired) electrons. The normalized spacial score (nSPS) is 10.0. The molecular formula is C13H14N4O. The van der Waals surface area contributed by atoms with Gasteiger partial charge in [-0.3, -0.25) is 4.79 Å². The number of nitrogen functional groups attached to an aromatic ring is 1. The summed E-state index contributed by atoms with van der Waals surface area (Å²) in [5.74, 6) is 0.0660. The van der Waals surface area contributed by atoms with E-state index in [-0.39, 0.29) is 5.69 Å². The maximum absolute atomic E-state index is 11.0. The maximum Gasteiger partial charge on any atom is 0.267 e. The largest absolute Gasteiger partial charge is 0.399 e. The third-order valence-electron chi connectivity index (χ3n) is 2.43. The Balaban J connectivity index is 2.06. The molecule has 92 valence electrons. The summed E-state index contributed by atoms with van der Waals surface area (Å²) in [7, 11) is 0. The molecule has 1 amide bonds. The first-order chi connectivity index (χ1) is 8.65. The molecule has 0 spiro atoms. The minimum atomic E-state index is -0.539. The Morgan fingerprint density at radius 2 is 2.00 bits per heavy atom. The first-order valence-electron chi connectivity index (χ1n) is 5.50. The highest BCUT2D eigenvalue weighted by atomic mass is 16.1. The van der Waals surface area contributed by atoms with Gasteiger partial charge in [-0.25, -0.2) is 4.98 Å². The van der Waals surface area contributed by atoms with Crippen molar-refractivity contribution in [1.29, 1.82) is 0 Å². The zero-order valence-corrected chi connectivity index (χ0v) is 9.76. The highest BCUT2D eigenvalue weighted by Crippen LogP contribution is 2.10. The summed E-state index contributed by atoms with van der Waals surface area (Å²) >= 11 is 0. The van der Waals surface area contributed by atoms with Crippen LogP contribution in [0.15, 0.2) is 42.5 Å². The molecule has 1 aromatic carbocycles. The highest BCUT2D eigenvalue weighted by Gasteiger charge is 2.02. The number of rotatable bonds is 4. The van der Waals surface area contributed by atoms with E-state index < -0.39 is 5.91 Å². The molecule has 0 saturated carbocycles. The van der Waals surface area contributed by atoms with Gasteiger partial charge in [0.25, 0.3) is 5.91 Å². The number of carbonyl (C=O) groups excluding carboxylic acids is 1. The smallest absolute Gasteiger partial charge is 0.267 e. The van der Waals surface area contributed by atoms with Crippen LogP contribution < -0.4 is 16.8 Å². The first-order valence-corrected chi connectivity index (χ1v) is 5.50. The minimum Gasteiger partial charge on any atom is -0.399 e. The van der Waals surface area contributed by atoms with E-state index in [0.29, 0.717) is 18.1 Å². The van der Waals surface area contributed by atoms with Crippen molar-refractivity contribution >= 4 is 17.4 Å². The summed E-state index contributed by atoms with van der Waals surface area (Å²) in [6.07, 6.45) is 0. The number of nitrogens with two attached hydrogens (primary N) is 2. The molecule has 5 nitrogen and oxygen atoms in total. The number of pyridine rings is 1. The van der Waals surface area contributed by atoms with Gasteiger partial charge in [0.15, 0.2) is 0 Å². The zero-order chi connectivity index (χ0) is 13.0. The number of carbonyl (C=O) groups is 1. The zero-order valence-electron chi connectivity index (χ0n) is 9.76. The lowest BCUT2D eigenvalue weighted by molar-refractivity contribution is 0.0995. The van der Waals surface area contributed by atoms with Gasteiger partial charge in [0.2, 0.25) is 0 Å².